The van der Waals surface area contributed by atoms with Gasteiger partial charge in [0.2, 0.25) is 5.91 Å². The first kappa shape index (κ1) is 15.6. The van der Waals surface area contributed by atoms with Gasteiger partial charge in [-0.25, -0.2) is 0 Å². The number of aromatic hydroxyl groups is 1. The van der Waals surface area contributed by atoms with Gasteiger partial charge in [-0.2, -0.15) is 0 Å². The van der Waals surface area contributed by atoms with E-state index in [-0.39, 0.29) is 11.8 Å². The summed E-state index contributed by atoms with van der Waals surface area (Å²) in [5, 5.41) is 10.9. The fourth-order valence-electron chi connectivity index (χ4n) is 2.75. The van der Waals surface area contributed by atoms with Gasteiger partial charge in [-0.15, -0.1) is 0 Å². The molecule has 2 aromatic rings. The lowest BCUT2D eigenvalue weighted by molar-refractivity contribution is 0.0895. The molecule has 1 N–H and O–H groups in total. The maximum atomic E-state index is 12.3. The molecule has 0 bridgehead atoms. The van der Waals surface area contributed by atoms with Gasteiger partial charge in [0, 0.05) is 17.9 Å². The predicted octanol–water partition coefficient (Wildman–Crippen LogP) is 5.13. The fourth-order valence-corrected chi connectivity index (χ4v) is 2.75. The molecule has 0 spiro atoms. The third-order valence-electron chi connectivity index (χ3n) is 3.93. The highest BCUT2D eigenvalue weighted by molar-refractivity contribution is 5.94. The summed E-state index contributed by atoms with van der Waals surface area (Å²) in [5.41, 5.74) is 0.794. The lowest BCUT2D eigenvalue weighted by Gasteiger charge is -2.06. The standard InChI is InChI=1S/C18H25NO2/c1-2-3-4-5-6-7-8-13-17(20)19-16-12-10-9-11-15(16)14-18(19)21/h9-12,14,21H,2-8,13H2,1H3. The van der Waals surface area contributed by atoms with Gasteiger partial charge < -0.3 is 5.11 Å². The molecule has 21 heavy (non-hydrogen) atoms. The Balaban J connectivity index is 1.84. The van der Waals surface area contributed by atoms with E-state index in [2.05, 4.69) is 6.92 Å². The number of unbranched alkanes of at least 4 members (excludes halogenated alkanes) is 6. The van der Waals surface area contributed by atoms with Crippen molar-refractivity contribution >= 4 is 16.8 Å². The van der Waals surface area contributed by atoms with E-state index in [1.165, 1.54) is 36.7 Å². The number of carbonyl (C=O) groups is 1. The number of nitrogens with zero attached hydrogens (tertiary/aromatic N) is 1. The van der Waals surface area contributed by atoms with Crippen LogP contribution in [0.5, 0.6) is 5.88 Å². The highest BCUT2D eigenvalue weighted by Crippen LogP contribution is 2.25. The van der Waals surface area contributed by atoms with E-state index in [4.69, 9.17) is 0 Å². The largest absolute Gasteiger partial charge is 0.494 e. The first-order valence-electron chi connectivity index (χ1n) is 8.06. The molecule has 0 fully saturated rings. The lowest BCUT2D eigenvalue weighted by atomic mass is 10.1. The lowest BCUT2D eigenvalue weighted by Crippen LogP contribution is -2.09. The number of aromatic nitrogens is 1. The Bertz CT molecular complexity index is 586. The summed E-state index contributed by atoms with van der Waals surface area (Å²) in [6.45, 7) is 2.21. The molecule has 114 valence electrons. The molecule has 2 rings (SSSR count). The van der Waals surface area contributed by atoms with Crippen molar-refractivity contribution in [2.45, 2.75) is 58.3 Å². The average molecular weight is 287 g/mol. The van der Waals surface area contributed by atoms with Crippen molar-refractivity contribution in [2.24, 2.45) is 0 Å². The maximum absolute atomic E-state index is 12.3. The minimum atomic E-state index is -0.0118. The maximum Gasteiger partial charge on any atom is 0.233 e. The topological polar surface area (TPSA) is 42.2 Å². The summed E-state index contributed by atoms with van der Waals surface area (Å²) in [4.78, 5) is 12.3. The van der Waals surface area contributed by atoms with Crippen LogP contribution in [0.25, 0.3) is 10.9 Å². The summed E-state index contributed by atoms with van der Waals surface area (Å²) in [6.07, 6.45) is 8.83. The Hall–Kier alpha value is -1.77. The molecule has 1 aromatic heterocycles. The Kier molecular flexibility index (Phi) is 5.85. The molecular formula is C18H25NO2. The number of para-hydroxylation sites is 1. The minimum Gasteiger partial charge on any atom is -0.494 e. The van der Waals surface area contributed by atoms with Crippen LogP contribution < -0.4 is 0 Å². The number of benzene rings is 1. The molecule has 3 nitrogen and oxygen atoms in total. The zero-order valence-corrected chi connectivity index (χ0v) is 12.8. The predicted molar refractivity (Wildman–Crippen MR) is 86.8 cm³/mol. The van der Waals surface area contributed by atoms with Crippen molar-refractivity contribution < 1.29 is 9.90 Å². The van der Waals surface area contributed by atoms with Crippen LogP contribution >= 0.6 is 0 Å². The van der Waals surface area contributed by atoms with Crippen molar-refractivity contribution in [2.75, 3.05) is 0 Å². The molecule has 0 saturated heterocycles. The minimum absolute atomic E-state index is 0.0118. The SMILES string of the molecule is CCCCCCCCCC(=O)n1c(O)cc2ccccc21. The molecule has 1 aromatic carbocycles. The summed E-state index contributed by atoms with van der Waals surface area (Å²) >= 11 is 0. The molecule has 0 saturated carbocycles. The van der Waals surface area contributed by atoms with Crippen LogP contribution in [0.2, 0.25) is 0 Å². The van der Waals surface area contributed by atoms with E-state index < -0.39 is 0 Å². The number of carbonyl (C=O) groups excluding carboxylic acids is 1. The van der Waals surface area contributed by atoms with Crippen molar-refractivity contribution in [3.63, 3.8) is 0 Å². The van der Waals surface area contributed by atoms with Crippen LogP contribution in [0.4, 0.5) is 0 Å². The Morgan fingerprint density at radius 1 is 1.05 bits per heavy atom. The summed E-state index contributed by atoms with van der Waals surface area (Å²) in [6, 6.07) is 9.23. The number of fused-ring (bicyclic) bond motifs is 1. The van der Waals surface area contributed by atoms with Crippen molar-refractivity contribution in [1.29, 1.82) is 0 Å². The van der Waals surface area contributed by atoms with E-state index in [0.717, 1.165) is 23.7 Å². The van der Waals surface area contributed by atoms with E-state index >= 15 is 0 Å². The molecule has 0 atom stereocenters. The van der Waals surface area contributed by atoms with E-state index in [1.54, 1.807) is 6.07 Å². The normalized spacial score (nSPS) is 11.1. The number of rotatable bonds is 8. The molecule has 0 radical (unpaired) electrons. The van der Waals surface area contributed by atoms with Crippen LogP contribution in [0, 0.1) is 0 Å². The smallest absolute Gasteiger partial charge is 0.233 e. The zero-order valence-electron chi connectivity index (χ0n) is 12.8. The van der Waals surface area contributed by atoms with Gasteiger partial charge in [0.1, 0.15) is 0 Å². The van der Waals surface area contributed by atoms with E-state index in [1.807, 2.05) is 24.3 Å². The van der Waals surface area contributed by atoms with Gasteiger partial charge in [-0.3, -0.25) is 9.36 Å². The first-order chi connectivity index (χ1) is 10.2. The zero-order chi connectivity index (χ0) is 15.1. The second-order valence-electron chi connectivity index (χ2n) is 5.66. The van der Waals surface area contributed by atoms with Crippen molar-refractivity contribution in [1.82, 2.24) is 4.57 Å². The van der Waals surface area contributed by atoms with Gasteiger partial charge in [0.05, 0.1) is 5.52 Å². The molecule has 1 heterocycles. The third kappa shape index (κ3) is 4.10. The third-order valence-corrected chi connectivity index (χ3v) is 3.93. The summed E-state index contributed by atoms with van der Waals surface area (Å²) in [5.74, 6) is 0.0337. The second kappa shape index (κ2) is 7.87. The van der Waals surface area contributed by atoms with Crippen LogP contribution in [-0.4, -0.2) is 15.6 Å². The fraction of sp³-hybridized carbons (Fsp3) is 0.500. The van der Waals surface area contributed by atoms with Gasteiger partial charge in [-0.1, -0.05) is 63.6 Å². The highest BCUT2D eigenvalue weighted by atomic mass is 16.3. The van der Waals surface area contributed by atoms with Crippen LogP contribution in [-0.2, 0) is 0 Å². The Labute approximate surface area is 126 Å². The molecule has 0 aliphatic heterocycles. The number of hydrogen-bond donors (Lipinski definition) is 1. The molecular weight excluding hydrogens is 262 g/mol. The van der Waals surface area contributed by atoms with Gasteiger partial charge in [0.25, 0.3) is 0 Å². The second-order valence-corrected chi connectivity index (χ2v) is 5.66. The average Bonchev–Trinajstić information content (AvgIpc) is 2.82. The number of hydrogen-bond acceptors (Lipinski definition) is 2. The Morgan fingerprint density at radius 2 is 1.71 bits per heavy atom. The Morgan fingerprint density at radius 3 is 2.48 bits per heavy atom. The van der Waals surface area contributed by atoms with Crippen LogP contribution in [0.1, 0.15) is 63.1 Å². The summed E-state index contributed by atoms with van der Waals surface area (Å²) in [7, 11) is 0. The summed E-state index contributed by atoms with van der Waals surface area (Å²) < 4.78 is 1.44. The van der Waals surface area contributed by atoms with Crippen molar-refractivity contribution in [3.8, 4) is 5.88 Å². The van der Waals surface area contributed by atoms with E-state index in [9.17, 15) is 9.90 Å². The molecule has 0 unspecified atom stereocenters. The first-order valence-corrected chi connectivity index (χ1v) is 8.06. The molecule has 3 heteroatoms. The van der Waals surface area contributed by atoms with Gasteiger partial charge in [0.15, 0.2) is 5.88 Å². The van der Waals surface area contributed by atoms with Gasteiger partial charge in [-0.05, 0) is 12.5 Å². The molecule has 0 aliphatic rings. The van der Waals surface area contributed by atoms with Crippen molar-refractivity contribution in [3.05, 3.63) is 30.3 Å². The quantitative estimate of drug-likeness (QED) is 0.684. The molecule has 0 aliphatic carbocycles. The highest BCUT2D eigenvalue weighted by Gasteiger charge is 2.13. The molecule has 0 amide bonds. The monoisotopic (exact) mass is 287 g/mol. The van der Waals surface area contributed by atoms with E-state index in [0.29, 0.717) is 6.42 Å². The van der Waals surface area contributed by atoms with Crippen LogP contribution in [0.15, 0.2) is 30.3 Å². The van der Waals surface area contributed by atoms with Crippen LogP contribution in [0.3, 0.4) is 0 Å². The van der Waals surface area contributed by atoms with Gasteiger partial charge >= 0.3 is 0 Å².